The molecule has 0 spiro atoms. The van der Waals surface area contributed by atoms with Crippen molar-refractivity contribution < 1.29 is 14.3 Å². The van der Waals surface area contributed by atoms with E-state index in [1.807, 2.05) is 10.9 Å². The van der Waals surface area contributed by atoms with Crippen LogP contribution >= 0.6 is 0 Å². The minimum Gasteiger partial charge on any atom is -0.376 e. The fourth-order valence-corrected chi connectivity index (χ4v) is 3.39. The Labute approximate surface area is 142 Å². The predicted molar refractivity (Wildman–Crippen MR) is 89.4 cm³/mol. The molecule has 2 aliphatic rings. The second-order valence-corrected chi connectivity index (χ2v) is 6.71. The van der Waals surface area contributed by atoms with Crippen molar-refractivity contribution in [2.45, 2.75) is 51.7 Å². The Kier molecular flexibility index (Phi) is 5.50. The number of nitrogens with one attached hydrogen (secondary N) is 1. The number of ether oxygens (including phenoxy) is 1. The molecule has 2 amide bonds. The average molecular weight is 334 g/mol. The topological polar surface area (TPSA) is 76.5 Å². The van der Waals surface area contributed by atoms with Crippen LogP contribution in [0.15, 0.2) is 12.4 Å². The van der Waals surface area contributed by atoms with Gasteiger partial charge in [-0.1, -0.05) is 0 Å². The summed E-state index contributed by atoms with van der Waals surface area (Å²) in [6, 6.07) is 0. The number of carbonyl (C=O) groups is 2. The minimum atomic E-state index is -0.0365. The lowest BCUT2D eigenvalue weighted by atomic mass is 9.96. The summed E-state index contributed by atoms with van der Waals surface area (Å²) in [4.78, 5) is 25.5. The van der Waals surface area contributed by atoms with Crippen molar-refractivity contribution in [3.05, 3.63) is 12.4 Å². The summed E-state index contributed by atoms with van der Waals surface area (Å²) >= 11 is 0. The smallest absolute Gasteiger partial charge is 0.227 e. The summed E-state index contributed by atoms with van der Waals surface area (Å²) in [5.74, 6) is 0.0670. The molecule has 0 radical (unpaired) electrons. The maximum absolute atomic E-state index is 12.4. The van der Waals surface area contributed by atoms with Crippen LogP contribution in [-0.4, -0.2) is 52.3 Å². The zero-order valence-corrected chi connectivity index (χ0v) is 14.2. The quantitative estimate of drug-likeness (QED) is 0.908. The first-order chi connectivity index (χ1) is 11.6. The van der Waals surface area contributed by atoms with E-state index in [0.29, 0.717) is 13.1 Å². The van der Waals surface area contributed by atoms with E-state index in [0.717, 1.165) is 44.5 Å². The monoisotopic (exact) mass is 334 g/mol. The fourth-order valence-electron chi connectivity index (χ4n) is 3.39. The Morgan fingerprint density at radius 1 is 1.29 bits per heavy atom. The van der Waals surface area contributed by atoms with Gasteiger partial charge in [-0.3, -0.25) is 14.3 Å². The Balaban J connectivity index is 1.47. The molecule has 7 nitrogen and oxygen atoms in total. The van der Waals surface area contributed by atoms with E-state index in [2.05, 4.69) is 10.4 Å². The summed E-state index contributed by atoms with van der Waals surface area (Å²) in [5, 5.41) is 7.26. The van der Waals surface area contributed by atoms with Crippen LogP contribution < -0.4 is 5.32 Å². The molecule has 1 aromatic rings. The van der Waals surface area contributed by atoms with Crippen LogP contribution in [0.25, 0.3) is 0 Å². The first kappa shape index (κ1) is 17.0. The van der Waals surface area contributed by atoms with Gasteiger partial charge >= 0.3 is 0 Å². The highest BCUT2D eigenvalue weighted by molar-refractivity contribution is 5.92. The van der Waals surface area contributed by atoms with Crippen LogP contribution in [-0.2, 0) is 20.9 Å². The Hall–Kier alpha value is -1.89. The molecule has 1 atom stereocenters. The van der Waals surface area contributed by atoms with Crippen LogP contribution in [0, 0.1) is 5.92 Å². The third kappa shape index (κ3) is 4.35. The molecule has 0 unspecified atom stereocenters. The summed E-state index contributed by atoms with van der Waals surface area (Å²) < 4.78 is 7.55. The number of amides is 2. The highest BCUT2D eigenvalue weighted by Gasteiger charge is 2.26. The molecule has 24 heavy (non-hydrogen) atoms. The second kappa shape index (κ2) is 7.79. The van der Waals surface area contributed by atoms with Crippen molar-refractivity contribution in [3.8, 4) is 0 Å². The number of nitrogens with zero attached hydrogens (tertiary/aromatic N) is 3. The van der Waals surface area contributed by atoms with Gasteiger partial charge in [-0.15, -0.1) is 0 Å². The van der Waals surface area contributed by atoms with E-state index >= 15 is 0 Å². The van der Waals surface area contributed by atoms with Gasteiger partial charge in [-0.25, -0.2) is 0 Å². The molecular weight excluding hydrogens is 308 g/mol. The van der Waals surface area contributed by atoms with E-state index in [9.17, 15) is 9.59 Å². The normalized spacial score (nSPS) is 22.4. The van der Waals surface area contributed by atoms with Gasteiger partial charge in [0, 0.05) is 38.7 Å². The van der Waals surface area contributed by atoms with E-state index in [1.165, 1.54) is 6.42 Å². The fraction of sp³-hybridized carbons (Fsp3) is 0.706. The SMILES string of the molecule is CC(=O)N1CCC(C(=O)Nc2cnn(C[C@H]3CCCCO3)c2)CC1. The number of hydrogen-bond acceptors (Lipinski definition) is 4. The van der Waals surface area contributed by atoms with Crippen molar-refractivity contribution >= 4 is 17.5 Å². The largest absolute Gasteiger partial charge is 0.376 e. The minimum absolute atomic E-state index is 0.0201. The first-order valence-electron chi connectivity index (χ1n) is 8.82. The zero-order valence-electron chi connectivity index (χ0n) is 14.2. The highest BCUT2D eigenvalue weighted by atomic mass is 16.5. The number of hydrogen-bond donors (Lipinski definition) is 1. The Morgan fingerprint density at radius 2 is 2.08 bits per heavy atom. The predicted octanol–water partition coefficient (Wildman–Crippen LogP) is 1.65. The molecule has 2 fully saturated rings. The lowest BCUT2D eigenvalue weighted by Gasteiger charge is -2.30. The van der Waals surface area contributed by atoms with Gasteiger partial charge in [-0.2, -0.15) is 5.10 Å². The van der Waals surface area contributed by atoms with Gasteiger partial charge < -0.3 is 15.0 Å². The highest BCUT2D eigenvalue weighted by Crippen LogP contribution is 2.20. The molecule has 0 aliphatic carbocycles. The van der Waals surface area contributed by atoms with Crippen molar-refractivity contribution in [2.75, 3.05) is 25.0 Å². The Bertz CT molecular complexity index is 572. The molecule has 2 saturated heterocycles. The molecule has 2 aliphatic heterocycles. The van der Waals surface area contributed by atoms with E-state index in [-0.39, 0.29) is 23.8 Å². The number of piperidine rings is 1. The van der Waals surface area contributed by atoms with Crippen LogP contribution in [0.3, 0.4) is 0 Å². The number of likely N-dealkylation sites (tertiary alicyclic amines) is 1. The number of rotatable bonds is 4. The lowest BCUT2D eigenvalue weighted by molar-refractivity contribution is -0.132. The second-order valence-electron chi connectivity index (χ2n) is 6.71. The van der Waals surface area contributed by atoms with Crippen molar-refractivity contribution in [3.63, 3.8) is 0 Å². The number of carbonyl (C=O) groups excluding carboxylic acids is 2. The van der Waals surface area contributed by atoms with Crippen LogP contribution in [0.2, 0.25) is 0 Å². The number of aromatic nitrogens is 2. The molecule has 0 aromatic carbocycles. The van der Waals surface area contributed by atoms with Gasteiger partial charge in [0.25, 0.3) is 0 Å². The molecule has 7 heteroatoms. The molecule has 0 saturated carbocycles. The van der Waals surface area contributed by atoms with Crippen LogP contribution in [0.5, 0.6) is 0 Å². The summed E-state index contributed by atoms with van der Waals surface area (Å²) in [6.45, 7) is 4.45. The van der Waals surface area contributed by atoms with Crippen LogP contribution in [0.4, 0.5) is 5.69 Å². The van der Waals surface area contributed by atoms with E-state index in [1.54, 1.807) is 18.0 Å². The molecule has 0 bridgehead atoms. The standard InChI is InChI=1S/C17H26N4O3/c1-13(22)20-7-5-14(6-8-20)17(23)19-15-10-18-21(11-15)12-16-4-2-3-9-24-16/h10-11,14,16H,2-9,12H2,1H3,(H,19,23)/t16-/m1/s1. The zero-order chi connectivity index (χ0) is 16.9. The molecule has 132 valence electrons. The van der Waals surface area contributed by atoms with Crippen molar-refractivity contribution in [1.29, 1.82) is 0 Å². The van der Waals surface area contributed by atoms with Gasteiger partial charge in [0.1, 0.15) is 0 Å². The summed E-state index contributed by atoms with van der Waals surface area (Å²) in [7, 11) is 0. The van der Waals surface area contributed by atoms with Gasteiger partial charge in [0.05, 0.1) is 24.5 Å². The molecule has 1 aromatic heterocycles. The number of anilines is 1. The third-order valence-electron chi connectivity index (χ3n) is 4.88. The lowest BCUT2D eigenvalue weighted by Crippen LogP contribution is -2.40. The van der Waals surface area contributed by atoms with E-state index in [4.69, 9.17) is 4.74 Å². The summed E-state index contributed by atoms with van der Waals surface area (Å²) in [5.41, 5.74) is 0.727. The summed E-state index contributed by atoms with van der Waals surface area (Å²) in [6.07, 6.45) is 8.61. The molecule has 3 rings (SSSR count). The molecular formula is C17H26N4O3. The van der Waals surface area contributed by atoms with Gasteiger partial charge in [0.2, 0.25) is 11.8 Å². The molecule has 1 N–H and O–H groups in total. The average Bonchev–Trinajstić information content (AvgIpc) is 3.02. The molecule has 3 heterocycles. The van der Waals surface area contributed by atoms with E-state index < -0.39 is 0 Å². The first-order valence-corrected chi connectivity index (χ1v) is 8.82. The van der Waals surface area contributed by atoms with Crippen LogP contribution in [0.1, 0.15) is 39.0 Å². The van der Waals surface area contributed by atoms with Crippen molar-refractivity contribution in [2.24, 2.45) is 5.92 Å². The van der Waals surface area contributed by atoms with Gasteiger partial charge in [-0.05, 0) is 32.1 Å². The maximum Gasteiger partial charge on any atom is 0.227 e. The van der Waals surface area contributed by atoms with Gasteiger partial charge in [0.15, 0.2) is 0 Å². The maximum atomic E-state index is 12.4. The Morgan fingerprint density at radius 3 is 2.75 bits per heavy atom. The van der Waals surface area contributed by atoms with Crippen molar-refractivity contribution in [1.82, 2.24) is 14.7 Å². The third-order valence-corrected chi connectivity index (χ3v) is 4.88.